The summed E-state index contributed by atoms with van der Waals surface area (Å²) in [4.78, 5) is 24.2. The van der Waals surface area contributed by atoms with Crippen molar-refractivity contribution in [2.45, 2.75) is 38.7 Å². The normalized spacial score (nSPS) is 22.2. The second kappa shape index (κ2) is 6.59. The van der Waals surface area contributed by atoms with Gasteiger partial charge in [-0.05, 0) is 32.1 Å². The molecule has 5 nitrogen and oxygen atoms in total. The number of methoxy groups -OCH3 is 1. The smallest absolute Gasteiger partial charge is 0.303 e. The van der Waals surface area contributed by atoms with Gasteiger partial charge in [-0.2, -0.15) is 0 Å². The summed E-state index contributed by atoms with van der Waals surface area (Å²) >= 11 is 0. The molecule has 0 spiro atoms. The highest BCUT2D eigenvalue weighted by atomic mass is 16.5. The van der Waals surface area contributed by atoms with Crippen molar-refractivity contribution in [2.75, 3.05) is 20.2 Å². The molecule has 17 heavy (non-hydrogen) atoms. The van der Waals surface area contributed by atoms with Crippen molar-refractivity contribution in [2.24, 2.45) is 5.92 Å². The highest BCUT2D eigenvalue weighted by Crippen LogP contribution is 2.21. The highest BCUT2D eigenvalue weighted by Gasteiger charge is 2.26. The number of hydrogen-bond acceptors (Lipinski definition) is 3. The molecule has 0 unspecified atom stereocenters. The first-order valence-corrected chi connectivity index (χ1v) is 6.08. The van der Waals surface area contributed by atoms with Crippen LogP contribution >= 0.6 is 0 Å². The van der Waals surface area contributed by atoms with Crippen LogP contribution in [0, 0.1) is 5.92 Å². The lowest BCUT2D eigenvalue weighted by Crippen LogP contribution is -2.44. The summed E-state index contributed by atoms with van der Waals surface area (Å²) in [5, 5.41) is 8.64. The maximum Gasteiger partial charge on any atom is 0.303 e. The van der Waals surface area contributed by atoms with Gasteiger partial charge in [-0.15, -0.1) is 0 Å². The van der Waals surface area contributed by atoms with Crippen molar-refractivity contribution < 1.29 is 19.4 Å². The van der Waals surface area contributed by atoms with Gasteiger partial charge in [-0.1, -0.05) is 0 Å². The number of piperidine rings is 1. The highest BCUT2D eigenvalue weighted by molar-refractivity contribution is 5.80. The Morgan fingerprint density at radius 2 is 2.24 bits per heavy atom. The molecule has 1 rings (SSSR count). The van der Waals surface area contributed by atoms with E-state index in [1.54, 1.807) is 11.8 Å². The van der Waals surface area contributed by atoms with E-state index in [9.17, 15) is 9.59 Å². The molecule has 2 atom stereocenters. The topological polar surface area (TPSA) is 66.8 Å². The van der Waals surface area contributed by atoms with Gasteiger partial charge in [0.2, 0.25) is 0 Å². The fourth-order valence-electron chi connectivity index (χ4n) is 2.19. The van der Waals surface area contributed by atoms with E-state index in [2.05, 4.69) is 0 Å². The summed E-state index contributed by atoms with van der Waals surface area (Å²) in [6, 6.07) is 0. The minimum atomic E-state index is -0.765. The largest absolute Gasteiger partial charge is 0.481 e. The monoisotopic (exact) mass is 243 g/mol. The third-order valence-electron chi connectivity index (χ3n) is 3.30. The van der Waals surface area contributed by atoms with Gasteiger partial charge in [0, 0.05) is 26.6 Å². The molecular formula is C12H21NO4. The maximum atomic E-state index is 11.9. The van der Waals surface area contributed by atoms with E-state index in [4.69, 9.17) is 9.84 Å². The molecule has 98 valence electrons. The number of nitrogens with zero attached hydrogens (tertiary/aromatic N) is 1. The number of ether oxygens (including phenoxy) is 1. The number of rotatable bonds is 5. The van der Waals surface area contributed by atoms with Crippen LogP contribution in [0.4, 0.5) is 0 Å². The number of aliphatic carboxylic acids is 1. The fourth-order valence-corrected chi connectivity index (χ4v) is 2.19. The minimum Gasteiger partial charge on any atom is -0.481 e. The molecule has 1 N–H and O–H groups in total. The zero-order chi connectivity index (χ0) is 12.8. The van der Waals surface area contributed by atoms with E-state index in [1.807, 2.05) is 0 Å². The van der Waals surface area contributed by atoms with Crippen molar-refractivity contribution in [3.8, 4) is 0 Å². The third-order valence-corrected chi connectivity index (χ3v) is 3.30. The van der Waals surface area contributed by atoms with Gasteiger partial charge < -0.3 is 14.7 Å². The summed E-state index contributed by atoms with van der Waals surface area (Å²) < 4.78 is 5.01. The van der Waals surface area contributed by atoms with Gasteiger partial charge in [0.05, 0.1) is 0 Å². The number of hydrogen-bond donors (Lipinski definition) is 1. The Morgan fingerprint density at radius 1 is 1.53 bits per heavy atom. The van der Waals surface area contributed by atoms with Crippen LogP contribution in [0.5, 0.6) is 0 Å². The van der Waals surface area contributed by atoms with Gasteiger partial charge in [0.15, 0.2) is 0 Å². The Morgan fingerprint density at radius 3 is 2.82 bits per heavy atom. The summed E-state index contributed by atoms with van der Waals surface area (Å²) in [5.74, 6) is -0.445. The predicted molar refractivity (Wildman–Crippen MR) is 62.6 cm³/mol. The Bertz CT molecular complexity index is 280. The molecule has 5 heteroatoms. The van der Waals surface area contributed by atoms with Crippen LogP contribution in [0.1, 0.15) is 32.6 Å². The second-order valence-corrected chi connectivity index (χ2v) is 4.60. The van der Waals surface area contributed by atoms with Crippen molar-refractivity contribution in [1.82, 2.24) is 4.90 Å². The molecule has 1 aliphatic rings. The molecule has 0 aromatic heterocycles. The standard InChI is InChI=1S/C12H21NO4/c1-9(17-2)12(16)13-7-3-4-10(8-13)5-6-11(14)15/h9-10H,3-8H2,1-2H3,(H,14,15)/t9-,10+/m0/s1. The molecule has 0 aliphatic carbocycles. The van der Waals surface area contributed by atoms with Gasteiger partial charge in [-0.3, -0.25) is 9.59 Å². The number of likely N-dealkylation sites (tertiary alicyclic amines) is 1. The van der Waals surface area contributed by atoms with Crippen molar-refractivity contribution in [3.63, 3.8) is 0 Å². The van der Waals surface area contributed by atoms with Crippen LogP contribution in [0.15, 0.2) is 0 Å². The lowest BCUT2D eigenvalue weighted by molar-refractivity contribution is -0.142. The van der Waals surface area contributed by atoms with Crippen LogP contribution in [-0.4, -0.2) is 48.2 Å². The first-order chi connectivity index (χ1) is 8.04. The molecule has 1 fully saturated rings. The molecule has 0 radical (unpaired) electrons. The summed E-state index contributed by atoms with van der Waals surface area (Å²) in [7, 11) is 1.52. The van der Waals surface area contributed by atoms with Crippen LogP contribution in [-0.2, 0) is 14.3 Å². The number of carboxylic acids is 1. The third kappa shape index (κ3) is 4.34. The van der Waals surface area contributed by atoms with Gasteiger partial charge >= 0.3 is 5.97 Å². The van der Waals surface area contributed by atoms with Crippen molar-refractivity contribution in [3.05, 3.63) is 0 Å². The molecule has 0 aromatic carbocycles. The number of carbonyl (C=O) groups excluding carboxylic acids is 1. The first kappa shape index (κ1) is 14.0. The zero-order valence-electron chi connectivity index (χ0n) is 10.5. The molecule has 0 bridgehead atoms. The Hall–Kier alpha value is -1.10. The van der Waals surface area contributed by atoms with Crippen LogP contribution in [0.2, 0.25) is 0 Å². The minimum absolute atomic E-state index is 0.00697. The predicted octanol–water partition coefficient (Wildman–Crippen LogP) is 1.12. The molecule has 1 saturated heterocycles. The quantitative estimate of drug-likeness (QED) is 0.786. The molecular weight excluding hydrogens is 222 g/mol. The maximum absolute atomic E-state index is 11.9. The molecule has 1 heterocycles. The summed E-state index contributed by atoms with van der Waals surface area (Å²) in [5.41, 5.74) is 0. The molecule has 0 aromatic rings. The zero-order valence-corrected chi connectivity index (χ0v) is 10.5. The number of carbonyl (C=O) groups is 2. The average molecular weight is 243 g/mol. The van der Waals surface area contributed by atoms with E-state index in [0.29, 0.717) is 18.9 Å². The lowest BCUT2D eigenvalue weighted by Gasteiger charge is -2.33. The molecule has 1 aliphatic heterocycles. The van der Waals surface area contributed by atoms with E-state index in [-0.39, 0.29) is 12.3 Å². The SMILES string of the molecule is CO[C@@H](C)C(=O)N1CCC[C@H](CCC(=O)O)C1. The van der Waals surface area contributed by atoms with Gasteiger partial charge in [0.25, 0.3) is 5.91 Å². The number of amides is 1. The summed E-state index contributed by atoms with van der Waals surface area (Å²) in [6.07, 6.45) is 2.39. The fraction of sp³-hybridized carbons (Fsp3) is 0.833. The van der Waals surface area contributed by atoms with Gasteiger partial charge in [-0.25, -0.2) is 0 Å². The van der Waals surface area contributed by atoms with Crippen molar-refractivity contribution >= 4 is 11.9 Å². The lowest BCUT2D eigenvalue weighted by atomic mass is 9.93. The van der Waals surface area contributed by atoms with Crippen LogP contribution < -0.4 is 0 Å². The van der Waals surface area contributed by atoms with Crippen LogP contribution in [0.3, 0.4) is 0 Å². The molecule has 0 saturated carbocycles. The Balaban J connectivity index is 2.43. The van der Waals surface area contributed by atoms with E-state index in [0.717, 1.165) is 19.4 Å². The van der Waals surface area contributed by atoms with Crippen molar-refractivity contribution in [1.29, 1.82) is 0 Å². The van der Waals surface area contributed by atoms with Gasteiger partial charge in [0.1, 0.15) is 6.10 Å². The number of carboxylic acid groups (broad SMARTS) is 1. The summed E-state index contributed by atoms with van der Waals surface area (Å²) in [6.45, 7) is 3.17. The average Bonchev–Trinajstić information content (AvgIpc) is 2.34. The van der Waals surface area contributed by atoms with E-state index in [1.165, 1.54) is 7.11 Å². The molecule has 1 amide bonds. The first-order valence-electron chi connectivity index (χ1n) is 6.08. The Kier molecular flexibility index (Phi) is 5.41. The second-order valence-electron chi connectivity index (χ2n) is 4.60. The van der Waals surface area contributed by atoms with E-state index < -0.39 is 12.1 Å². The van der Waals surface area contributed by atoms with Crippen LogP contribution in [0.25, 0.3) is 0 Å². The Labute approximate surface area is 102 Å². The van der Waals surface area contributed by atoms with E-state index >= 15 is 0 Å².